The molecule has 3 nitrogen and oxygen atoms in total. The summed E-state index contributed by atoms with van der Waals surface area (Å²) in [5.74, 6) is -0.266. The van der Waals surface area contributed by atoms with E-state index in [0.29, 0.717) is 12.1 Å². The lowest BCUT2D eigenvalue weighted by atomic mass is 10.2. The second kappa shape index (κ2) is 6.48. The number of hydrogen-bond acceptors (Lipinski definition) is 2. The average molecular weight is 274 g/mol. The smallest absolute Gasteiger partial charge is 0.186 e. The van der Waals surface area contributed by atoms with Crippen LogP contribution in [0.25, 0.3) is 5.69 Å². The number of pyridine rings is 1. The van der Waals surface area contributed by atoms with Gasteiger partial charge < -0.3 is 9.88 Å². The molecule has 0 radical (unpaired) electrons. The van der Waals surface area contributed by atoms with Crippen molar-refractivity contribution < 1.29 is 4.39 Å². The molecule has 0 spiro atoms. The van der Waals surface area contributed by atoms with E-state index in [1.165, 1.54) is 12.1 Å². The Morgan fingerprint density at radius 2 is 1.95 bits per heavy atom. The standard InChI is InChI=1S/C16H19FN2O/c1-3-8-18-10-13-11-19(12(2)9-16(13)20)15-6-4-14(17)5-7-15/h4-7,9,11,18H,3,8,10H2,1-2H3. The molecular formula is C16H19FN2O. The van der Waals surface area contributed by atoms with Crippen LogP contribution in [0.4, 0.5) is 4.39 Å². The van der Waals surface area contributed by atoms with Crippen molar-refractivity contribution in [3.63, 3.8) is 0 Å². The quantitative estimate of drug-likeness (QED) is 0.851. The molecule has 1 heterocycles. The summed E-state index contributed by atoms with van der Waals surface area (Å²) in [4.78, 5) is 12.0. The van der Waals surface area contributed by atoms with Crippen LogP contribution >= 0.6 is 0 Å². The molecule has 0 amide bonds. The van der Waals surface area contributed by atoms with Crippen molar-refractivity contribution in [3.05, 3.63) is 63.8 Å². The maximum atomic E-state index is 13.0. The van der Waals surface area contributed by atoms with Crippen LogP contribution in [0.5, 0.6) is 0 Å². The van der Waals surface area contributed by atoms with Crippen molar-refractivity contribution >= 4 is 0 Å². The first kappa shape index (κ1) is 14.5. The zero-order chi connectivity index (χ0) is 14.5. The summed E-state index contributed by atoms with van der Waals surface area (Å²) in [6, 6.07) is 7.86. The number of hydrogen-bond donors (Lipinski definition) is 1. The number of nitrogens with zero attached hydrogens (tertiary/aromatic N) is 1. The highest BCUT2D eigenvalue weighted by molar-refractivity contribution is 5.35. The molecule has 0 aliphatic rings. The molecule has 0 saturated carbocycles. The van der Waals surface area contributed by atoms with E-state index in [2.05, 4.69) is 12.2 Å². The lowest BCUT2D eigenvalue weighted by Crippen LogP contribution is -2.22. The minimum atomic E-state index is -0.266. The van der Waals surface area contributed by atoms with Crippen LogP contribution in [-0.2, 0) is 6.54 Å². The van der Waals surface area contributed by atoms with Gasteiger partial charge in [-0.1, -0.05) is 6.92 Å². The van der Waals surface area contributed by atoms with Gasteiger partial charge in [0.1, 0.15) is 5.82 Å². The highest BCUT2D eigenvalue weighted by Crippen LogP contribution is 2.12. The zero-order valence-corrected chi connectivity index (χ0v) is 11.8. The molecular weight excluding hydrogens is 255 g/mol. The van der Waals surface area contributed by atoms with Crippen LogP contribution in [0.15, 0.2) is 41.3 Å². The Morgan fingerprint density at radius 1 is 1.25 bits per heavy atom. The fraction of sp³-hybridized carbons (Fsp3) is 0.312. The minimum absolute atomic E-state index is 0.0319. The molecule has 0 atom stereocenters. The highest BCUT2D eigenvalue weighted by atomic mass is 19.1. The Morgan fingerprint density at radius 3 is 2.60 bits per heavy atom. The monoisotopic (exact) mass is 274 g/mol. The molecule has 1 aromatic carbocycles. The summed E-state index contributed by atoms with van der Waals surface area (Å²) in [6.45, 7) is 5.38. The van der Waals surface area contributed by atoms with Crippen molar-refractivity contribution in [2.75, 3.05) is 6.54 Å². The third kappa shape index (κ3) is 3.33. The van der Waals surface area contributed by atoms with Crippen LogP contribution in [0.1, 0.15) is 24.6 Å². The van der Waals surface area contributed by atoms with Gasteiger partial charge in [0, 0.05) is 35.8 Å². The Labute approximate surface area is 118 Å². The van der Waals surface area contributed by atoms with Crippen LogP contribution in [0.2, 0.25) is 0 Å². The Bertz CT molecular complexity index is 632. The molecule has 0 aliphatic carbocycles. The average Bonchev–Trinajstić information content (AvgIpc) is 2.43. The minimum Gasteiger partial charge on any atom is -0.321 e. The number of nitrogens with one attached hydrogen (secondary N) is 1. The first-order chi connectivity index (χ1) is 9.61. The van der Waals surface area contributed by atoms with Gasteiger partial charge in [0.25, 0.3) is 0 Å². The zero-order valence-electron chi connectivity index (χ0n) is 11.8. The van der Waals surface area contributed by atoms with E-state index in [4.69, 9.17) is 0 Å². The van der Waals surface area contributed by atoms with E-state index in [-0.39, 0.29) is 11.2 Å². The van der Waals surface area contributed by atoms with Crippen molar-refractivity contribution in [2.45, 2.75) is 26.8 Å². The van der Waals surface area contributed by atoms with Gasteiger partial charge in [0.15, 0.2) is 5.43 Å². The molecule has 4 heteroatoms. The molecule has 0 saturated heterocycles. The highest BCUT2D eigenvalue weighted by Gasteiger charge is 2.05. The largest absolute Gasteiger partial charge is 0.321 e. The van der Waals surface area contributed by atoms with Gasteiger partial charge in [0.05, 0.1) is 0 Å². The first-order valence-electron chi connectivity index (χ1n) is 6.80. The van der Waals surface area contributed by atoms with Crippen LogP contribution in [-0.4, -0.2) is 11.1 Å². The van der Waals surface area contributed by atoms with Crippen molar-refractivity contribution in [1.82, 2.24) is 9.88 Å². The summed E-state index contributed by atoms with van der Waals surface area (Å²) < 4.78 is 14.9. The van der Waals surface area contributed by atoms with E-state index in [9.17, 15) is 9.18 Å². The molecule has 0 aliphatic heterocycles. The van der Waals surface area contributed by atoms with Crippen molar-refractivity contribution in [1.29, 1.82) is 0 Å². The number of rotatable bonds is 5. The summed E-state index contributed by atoms with van der Waals surface area (Å²) in [7, 11) is 0. The Hall–Kier alpha value is -1.94. The van der Waals surface area contributed by atoms with Crippen LogP contribution < -0.4 is 10.7 Å². The van der Waals surface area contributed by atoms with Gasteiger partial charge in [-0.05, 0) is 44.2 Å². The Kier molecular flexibility index (Phi) is 4.69. The molecule has 0 unspecified atom stereocenters. The van der Waals surface area contributed by atoms with E-state index in [1.54, 1.807) is 18.2 Å². The van der Waals surface area contributed by atoms with Crippen LogP contribution in [0.3, 0.4) is 0 Å². The van der Waals surface area contributed by atoms with Crippen LogP contribution in [0, 0.1) is 12.7 Å². The molecule has 2 aromatic rings. The molecule has 0 fully saturated rings. The van der Waals surface area contributed by atoms with E-state index in [0.717, 1.165) is 24.3 Å². The summed E-state index contributed by atoms with van der Waals surface area (Å²) in [6.07, 6.45) is 2.85. The van der Waals surface area contributed by atoms with E-state index < -0.39 is 0 Å². The maximum absolute atomic E-state index is 13.0. The molecule has 2 rings (SSSR count). The third-order valence-electron chi connectivity index (χ3n) is 3.17. The molecule has 1 aromatic heterocycles. The maximum Gasteiger partial charge on any atom is 0.186 e. The van der Waals surface area contributed by atoms with Gasteiger partial charge in [-0.2, -0.15) is 0 Å². The molecule has 106 valence electrons. The van der Waals surface area contributed by atoms with Gasteiger partial charge in [-0.15, -0.1) is 0 Å². The van der Waals surface area contributed by atoms with E-state index >= 15 is 0 Å². The van der Waals surface area contributed by atoms with Gasteiger partial charge >= 0.3 is 0 Å². The van der Waals surface area contributed by atoms with Gasteiger partial charge in [0.2, 0.25) is 0 Å². The number of benzene rings is 1. The number of aromatic nitrogens is 1. The van der Waals surface area contributed by atoms with Gasteiger partial charge in [-0.3, -0.25) is 4.79 Å². The normalized spacial score (nSPS) is 10.8. The Balaban J connectivity index is 2.35. The molecule has 20 heavy (non-hydrogen) atoms. The lowest BCUT2D eigenvalue weighted by Gasteiger charge is -2.13. The summed E-state index contributed by atoms with van der Waals surface area (Å²) in [5.41, 5.74) is 2.43. The second-order valence-electron chi connectivity index (χ2n) is 4.83. The summed E-state index contributed by atoms with van der Waals surface area (Å²) in [5, 5.41) is 3.23. The van der Waals surface area contributed by atoms with E-state index in [1.807, 2.05) is 17.7 Å². The molecule has 1 N–H and O–H groups in total. The van der Waals surface area contributed by atoms with Crippen molar-refractivity contribution in [2.24, 2.45) is 0 Å². The van der Waals surface area contributed by atoms with Crippen molar-refractivity contribution in [3.8, 4) is 5.69 Å². The fourth-order valence-corrected chi connectivity index (χ4v) is 2.09. The predicted molar refractivity (Wildman–Crippen MR) is 78.7 cm³/mol. The van der Waals surface area contributed by atoms with Gasteiger partial charge in [-0.25, -0.2) is 4.39 Å². The topological polar surface area (TPSA) is 34.0 Å². The second-order valence-corrected chi connectivity index (χ2v) is 4.83. The third-order valence-corrected chi connectivity index (χ3v) is 3.17. The SMILES string of the molecule is CCCNCc1cn(-c2ccc(F)cc2)c(C)cc1=O. The fourth-order valence-electron chi connectivity index (χ4n) is 2.09. The number of halogens is 1. The predicted octanol–water partition coefficient (Wildman–Crippen LogP) is 2.78. The lowest BCUT2D eigenvalue weighted by molar-refractivity contribution is 0.627. The first-order valence-corrected chi connectivity index (χ1v) is 6.80. The molecule has 0 bridgehead atoms. The number of aryl methyl sites for hydroxylation is 1. The summed E-state index contributed by atoms with van der Waals surface area (Å²) >= 11 is 0.